The van der Waals surface area contributed by atoms with Gasteiger partial charge in [-0.15, -0.1) is 0 Å². The van der Waals surface area contributed by atoms with Crippen molar-refractivity contribution in [2.75, 3.05) is 25.1 Å². The summed E-state index contributed by atoms with van der Waals surface area (Å²) in [5.41, 5.74) is 0.525. The van der Waals surface area contributed by atoms with Crippen LogP contribution < -0.4 is 10.9 Å². The summed E-state index contributed by atoms with van der Waals surface area (Å²) < 4.78 is 5.80. The maximum atomic E-state index is 11.2. The number of rotatable bonds is 4. The van der Waals surface area contributed by atoms with Gasteiger partial charge in [-0.2, -0.15) is 5.10 Å². The molecule has 1 aliphatic heterocycles. The maximum Gasteiger partial charge on any atom is 0.280 e. The quantitative estimate of drug-likeness (QED) is 0.878. The predicted molar refractivity (Wildman–Crippen MR) is 64.6 cm³/mol. The lowest BCUT2D eigenvalue weighted by atomic mass is 10.1. The molecule has 0 spiro atoms. The van der Waals surface area contributed by atoms with Gasteiger partial charge >= 0.3 is 0 Å². The zero-order valence-corrected chi connectivity index (χ0v) is 10.4. The predicted octanol–water partition coefficient (Wildman–Crippen LogP) is 1.37. The van der Waals surface area contributed by atoms with Crippen LogP contribution in [0.2, 0.25) is 0 Å². The Morgan fingerprint density at radius 1 is 1.69 bits per heavy atom. The van der Waals surface area contributed by atoms with Gasteiger partial charge in [0.15, 0.2) is 0 Å². The van der Waals surface area contributed by atoms with Crippen LogP contribution in [0.5, 0.6) is 0 Å². The van der Waals surface area contributed by atoms with E-state index in [2.05, 4.69) is 31.4 Å². The second kappa shape index (κ2) is 5.45. The third-order valence-corrected chi connectivity index (χ3v) is 3.47. The van der Waals surface area contributed by atoms with Crippen molar-refractivity contribution in [3.05, 3.63) is 21.0 Å². The van der Waals surface area contributed by atoms with E-state index in [-0.39, 0.29) is 5.56 Å². The molecule has 2 N–H and O–H groups in total. The maximum absolute atomic E-state index is 11.2. The summed E-state index contributed by atoms with van der Waals surface area (Å²) in [6.45, 7) is 2.56. The lowest BCUT2D eigenvalue weighted by Crippen LogP contribution is -2.14. The van der Waals surface area contributed by atoms with Crippen molar-refractivity contribution in [3.63, 3.8) is 0 Å². The van der Waals surface area contributed by atoms with Gasteiger partial charge in [0.2, 0.25) is 0 Å². The number of H-pyrrole nitrogens is 1. The molecule has 1 aromatic heterocycles. The Morgan fingerprint density at radius 3 is 3.31 bits per heavy atom. The Labute approximate surface area is 102 Å². The van der Waals surface area contributed by atoms with Gasteiger partial charge in [-0.05, 0) is 34.7 Å². The van der Waals surface area contributed by atoms with Gasteiger partial charge in [0, 0.05) is 19.8 Å². The molecule has 1 aromatic rings. The Hall–Kier alpha value is -0.880. The molecule has 0 saturated carbocycles. The highest BCUT2D eigenvalue weighted by molar-refractivity contribution is 9.10. The Kier molecular flexibility index (Phi) is 3.95. The Morgan fingerprint density at radius 2 is 2.56 bits per heavy atom. The molecule has 0 aliphatic carbocycles. The lowest BCUT2D eigenvalue weighted by molar-refractivity contribution is 0.185. The van der Waals surface area contributed by atoms with Crippen LogP contribution in [-0.2, 0) is 4.74 Å². The highest BCUT2D eigenvalue weighted by Gasteiger charge is 2.15. The van der Waals surface area contributed by atoms with Crippen molar-refractivity contribution in [2.45, 2.75) is 12.8 Å². The minimum absolute atomic E-state index is 0.214. The van der Waals surface area contributed by atoms with Crippen LogP contribution in [-0.4, -0.2) is 30.0 Å². The van der Waals surface area contributed by atoms with Crippen LogP contribution in [0, 0.1) is 5.92 Å². The highest BCUT2D eigenvalue weighted by Crippen LogP contribution is 2.18. The van der Waals surface area contributed by atoms with Crippen molar-refractivity contribution in [3.8, 4) is 0 Å². The van der Waals surface area contributed by atoms with E-state index in [1.807, 2.05) is 0 Å². The van der Waals surface area contributed by atoms with Crippen molar-refractivity contribution in [1.29, 1.82) is 0 Å². The summed E-state index contributed by atoms with van der Waals surface area (Å²) in [7, 11) is 0. The fourth-order valence-electron chi connectivity index (χ4n) is 1.73. The first-order valence-electron chi connectivity index (χ1n) is 5.32. The van der Waals surface area contributed by atoms with E-state index in [0.717, 1.165) is 38.3 Å². The third kappa shape index (κ3) is 2.82. The van der Waals surface area contributed by atoms with Crippen molar-refractivity contribution >= 4 is 21.6 Å². The first-order valence-corrected chi connectivity index (χ1v) is 6.11. The standard InChI is InChI=1S/C10H14BrN3O2/c11-9-8(5-13-14-10(9)15)12-3-1-7-2-4-16-6-7/h5,7H,1-4,6H2,(H2,12,14,15). The molecule has 5 nitrogen and oxygen atoms in total. The summed E-state index contributed by atoms with van der Waals surface area (Å²) in [5.74, 6) is 0.640. The number of halogens is 1. The van der Waals surface area contributed by atoms with E-state index in [0.29, 0.717) is 10.4 Å². The molecule has 0 amide bonds. The first kappa shape index (κ1) is 11.6. The molecule has 0 aromatic carbocycles. The number of nitrogens with one attached hydrogen (secondary N) is 2. The average molecular weight is 288 g/mol. The van der Waals surface area contributed by atoms with Gasteiger partial charge in [-0.3, -0.25) is 4.79 Å². The summed E-state index contributed by atoms with van der Waals surface area (Å²) in [5, 5.41) is 9.30. The number of hydrogen-bond donors (Lipinski definition) is 2. The molecule has 16 heavy (non-hydrogen) atoms. The highest BCUT2D eigenvalue weighted by atomic mass is 79.9. The molecule has 1 aliphatic rings. The van der Waals surface area contributed by atoms with E-state index >= 15 is 0 Å². The molecule has 88 valence electrons. The number of aromatic nitrogens is 2. The molecular weight excluding hydrogens is 274 g/mol. The fourth-order valence-corrected chi connectivity index (χ4v) is 2.06. The Balaban J connectivity index is 1.84. The fraction of sp³-hybridized carbons (Fsp3) is 0.600. The lowest BCUT2D eigenvalue weighted by Gasteiger charge is -2.10. The van der Waals surface area contributed by atoms with Crippen LogP contribution in [0.3, 0.4) is 0 Å². The molecule has 1 fully saturated rings. The van der Waals surface area contributed by atoms with Gasteiger partial charge in [-0.25, -0.2) is 5.10 Å². The van der Waals surface area contributed by atoms with Crippen LogP contribution in [0.4, 0.5) is 5.69 Å². The van der Waals surface area contributed by atoms with E-state index in [1.54, 1.807) is 6.20 Å². The van der Waals surface area contributed by atoms with Crippen molar-refractivity contribution in [1.82, 2.24) is 10.2 Å². The summed E-state index contributed by atoms with van der Waals surface area (Å²) in [6.07, 6.45) is 3.80. The number of nitrogens with zero attached hydrogens (tertiary/aromatic N) is 1. The summed E-state index contributed by atoms with van der Waals surface area (Å²) in [4.78, 5) is 11.2. The van der Waals surface area contributed by atoms with Gasteiger partial charge in [0.1, 0.15) is 4.47 Å². The average Bonchev–Trinajstić information content (AvgIpc) is 2.77. The molecule has 1 atom stereocenters. The smallest absolute Gasteiger partial charge is 0.280 e. The van der Waals surface area contributed by atoms with Gasteiger partial charge in [0.25, 0.3) is 5.56 Å². The number of ether oxygens (including phenoxy) is 1. The second-order valence-corrected chi connectivity index (χ2v) is 4.66. The molecule has 0 bridgehead atoms. The molecule has 1 saturated heterocycles. The van der Waals surface area contributed by atoms with Crippen LogP contribution in [0.15, 0.2) is 15.5 Å². The molecular formula is C10H14BrN3O2. The van der Waals surface area contributed by atoms with Gasteiger partial charge < -0.3 is 10.1 Å². The molecule has 0 radical (unpaired) electrons. The van der Waals surface area contributed by atoms with E-state index in [1.165, 1.54) is 0 Å². The zero-order chi connectivity index (χ0) is 11.4. The third-order valence-electron chi connectivity index (χ3n) is 2.69. The van der Waals surface area contributed by atoms with Gasteiger partial charge in [-0.1, -0.05) is 0 Å². The second-order valence-electron chi connectivity index (χ2n) is 3.87. The van der Waals surface area contributed by atoms with E-state index < -0.39 is 0 Å². The monoisotopic (exact) mass is 287 g/mol. The van der Waals surface area contributed by atoms with E-state index in [9.17, 15) is 4.79 Å². The minimum atomic E-state index is -0.214. The van der Waals surface area contributed by atoms with Crippen molar-refractivity contribution < 1.29 is 4.74 Å². The SMILES string of the molecule is O=c1[nH]ncc(NCCC2CCOC2)c1Br. The number of hydrogen-bond acceptors (Lipinski definition) is 4. The van der Waals surface area contributed by atoms with Crippen LogP contribution in [0.1, 0.15) is 12.8 Å². The first-order chi connectivity index (χ1) is 7.77. The van der Waals surface area contributed by atoms with Crippen molar-refractivity contribution in [2.24, 2.45) is 5.92 Å². The zero-order valence-electron chi connectivity index (χ0n) is 8.83. The molecule has 2 heterocycles. The summed E-state index contributed by atoms with van der Waals surface area (Å²) in [6, 6.07) is 0. The topological polar surface area (TPSA) is 67.0 Å². The molecule has 1 unspecified atom stereocenters. The molecule has 6 heteroatoms. The molecule has 2 rings (SSSR count). The van der Waals surface area contributed by atoms with Crippen LogP contribution in [0.25, 0.3) is 0 Å². The largest absolute Gasteiger partial charge is 0.383 e. The van der Waals surface area contributed by atoms with E-state index in [4.69, 9.17) is 4.74 Å². The number of aromatic amines is 1. The Bertz CT molecular complexity index is 401. The number of anilines is 1. The normalized spacial score (nSPS) is 19.9. The minimum Gasteiger partial charge on any atom is -0.383 e. The van der Waals surface area contributed by atoms with Crippen LogP contribution >= 0.6 is 15.9 Å². The summed E-state index contributed by atoms with van der Waals surface area (Å²) >= 11 is 3.22. The van der Waals surface area contributed by atoms with Gasteiger partial charge in [0.05, 0.1) is 11.9 Å².